The lowest BCUT2D eigenvalue weighted by atomic mass is 9.70. The third kappa shape index (κ3) is 4.05. The average Bonchev–Trinajstić information content (AvgIpc) is 2.43. The first-order valence-corrected chi connectivity index (χ1v) is 8.63. The quantitative estimate of drug-likeness (QED) is 0.742. The minimum Gasteiger partial charge on any atom is -0.444 e. The predicted octanol–water partition coefficient (Wildman–Crippen LogP) is 4.72. The summed E-state index contributed by atoms with van der Waals surface area (Å²) in [6, 6.07) is 3.80. The molecule has 132 valence electrons. The van der Waals surface area contributed by atoms with E-state index in [2.05, 4.69) is 0 Å². The van der Waals surface area contributed by atoms with Crippen molar-refractivity contribution >= 4 is 6.09 Å². The minimum absolute atomic E-state index is 0.166. The number of piperidine rings is 1. The van der Waals surface area contributed by atoms with Crippen LogP contribution in [0.3, 0.4) is 0 Å². The molecule has 2 aliphatic rings. The number of carbonyl (C=O) groups excluding carboxylic acids is 1. The summed E-state index contributed by atoms with van der Waals surface area (Å²) in [5.41, 5.74) is 0.249. The largest absolute Gasteiger partial charge is 0.444 e. The number of fused-ring (bicyclic) bond motifs is 2. The summed E-state index contributed by atoms with van der Waals surface area (Å²) in [7, 11) is 0. The van der Waals surface area contributed by atoms with Crippen molar-refractivity contribution in [3.63, 3.8) is 0 Å². The number of nitrogens with zero attached hydrogens (tertiary/aromatic N) is 1. The van der Waals surface area contributed by atoms with Gasteiger partial charge in [0.25, 0.3) is 0 Å². The highest BCUT2D eigenvalue weighted by Gasteiger charge is 2.38. The lowest BCUT2D eigenvalue weighted by Gasteiger charge is -2.44. The van der Waals surface area contributed by atoms with Crippen molar-refractivity contribution in [2.24, 2.45) is 11.8 Å². The summed E-state index contributed by atoms with van der Waals surface area (Å²) < 4.78 is 32.5. The first-order chi connectivity index (χ1) is 11.2. The Kier molecular flexibility index (Phi) is 4.54. The third-order valence-electron chi connectivity index (χ3n) is 4.87. The van der Waals surface area contributed by atoms with Crippen LogP contribution in [0.5, 0.6) is 0 Å². The summed E-state index contributed by atoms with van der Waals surface area (Å²) >= 11 is 0. The normalized spacial score (nSPS) is 27.0. The predicted molar refractivity (Wildman–Crippen MR) is 87.7 cm³/mol. The maximum Gasteiger partial charge on any atom is 0.410 e. The molecule has 0 radical (unpaired) electrons. The van der Waals surface area contributed by atoms with Gasteiger partial charge >= 0.3 is 6.09 Å². The van der Waals surface area contributed by atoms with E-state index < -0.39 is 17.2 Å². The van der Waals surface area contributed by atoms with Crippen LogP contribution in [0.2, 0.25) is 0 Å². The Labute approximate surface area is 142 Å². The highest BCUT2D eigenvalue weighted by Crippen LogP contribution is 2.43. The van der Waals surface area contributed by atoms with E-state index in [1.165, 1.54) is 12.1 Å². The molecular weight excluding hydrogens is 312 g/mol. The van der Waals surface area contributed by atoms with E-state index in [1.807, 2.05) is 20.8 Å². The molecule has 1 aromatic carbocycles. The van der Waals surface area contributed by atoms with Gasteiger partial charge in [-0.05, 0) is 75.5 Å². The number of amides is 1. The number of hydrogen-bond acceptors (Lipinski definition) is 2. The monoisotopic (exact) mass is 337 g/mol. The maximum absolute atomic E-state index is 13.5. The highest BCUT2D eigenvalue weighted by atomic mass is 19.1. The first kappa shape index (κ1) is 17.2. The van der Waals surface area contributed by atoms with E-state index in [4.69, 9.17) is 4.74 Å². The van der Waals surface area contributed by atoms with Crippen molar-refractivity contribution in [2.45, 2.75) is 51.6 Å². The van der Waals surface area contributed by atoms with Gasteiger partial charge in [-0.2, -0.15) is 0 Å². The number of rotatable bonds is 1. The number of ether oxygens (including phenoxy) is 1. The van der Waals surface area contributed by atoms with Crippen LogP contribution in [0.1, 0.15) is 51.5 Å². The zero-order valence-electron chi connectivity index (χ0n) is 14.5. The van der Waals surface area contributed by atoms with Crippen LogP contribution in [-0.2, 0) is 4.74 Å². The SMILES string of the molecule is CC(C)(C)OC(=O)N1CC2CC(CC(c3cc(F)cc(F)c3)C2)C1. The molecule has 2 fully saturated rings. The van der Waals surface area contributed by atoms with Gasteiger partial charge in [0.2, 0.25) is 0 Å². The van der Waals surface area contributed by atoms with Crippen LogP contribution in [0.4, 0.5) is 13.6 Å². The van der Waals surface area contributed by atoms with E-state index in [0.717, 1.165) is 30.9 Å². The molecule has 2 atom stereocenters. The zero-order valence-corrected chi connectivity index (χ0v) is 14.5. The summed E-state index contributed by atoms with van der Waals surface area (Å²) in [5.74, 6) is -0.144. The van der Waals surface area contributed by atoms with Crippen LogP contribution in [0.25, 0.3) is 0 Å². The van der Waals surface area contributed by atoms with Gasteiger partial charge in [0, 0.05) is 19.2 Å². The maximum atomic E-state index is 13.5. The molecule has 0 spiro atoms. The molecule has 3 rings (SSSR count). The molecule has 1 aromatic rings. The second-order valence-corrected chi connectivity index (χ2v) is 8.22. The van der Waals surface area contributed by atoms with E-state index in [0.29, 0.717) is 24.9 Å². The second-order valence-electron chi connectivity index (χ2n) is 8.22. The van der Waals surface area contributed by atoms with E-state index in [1.54, 1.807) is 4.90 Å². The summed E-state index contributed by atoms with van der Waals surface area (Å²) in [5, 5.41) is 0. The molecule has 5 heteroatoms. The van der Waals surface area contributed by atoms with Gasteiger partial charge in [-0.15, -0.1) is 0 Å². The lowest BCUT2D eigenvalue weighted by molar-refractivity contribution is 0.00138. The number of benzene rings is 1. The molecule has 0 N–H and O–H groups in total. The smallest absolute Gasteiger partial charge is 0.410 e. The van der Waals surface area contributed by atoms with Gasteiger partial charge in [-0.1, -0.05) is 0 Å². The molecule has 1 saturated heterocycles. The van der Waals surface area contributed by atoms with Gasteiger partial charge in [0.1, 0.15) is 17.2 Å². The summed E-state index contributed by atoms with van der Waals surface area (Å²) in [6.45, 7) is 6.93. The van der Waals surface area contributed by atoms with Gasteiger partial charge in [-0.25, -0.2) is 13.6 Å². The Hall–Kier alpha value is -1.65. The molecule has 24 heavy (non-hydrogen) atoms. The van der Waals surface area contributed by atoms with Crippen molar-refractivity contribution in [1.82, 2.24) is 4.90 Å². The summed E-state index contributed by atoms with van der Waals surface area (Å²) in [4.78, 5) is 14.1. The van der Waals surface area contributed by atoms with Crippen LogP contribution < -0.4 is 0 Å². The fourth-order valence-electron chi connectivity index (χ4n) is 4.12. The molecule has 3 nitrogen and oxygen atoms in total. The second kappa shape index (κ2) is 6.34. The van der Waals surface area contributed by atoms with Crippen molar-refractivity contribution in [1.29, 1.82) is 0 Å². The standard InChI is InChI=1S/C19H25F2NO2/c1-19(2,3)24-18(23)22-10-12-4-13(11-22)6-14(5-12)15-7-16(20)9-17(21)8-15/h7-9,12-14H,4-6,10-11H2,1-3H3. The van der Waals surface area contributed by atoms with Gasteiger partial charge in [0.15, 0.2) is 0 Å². The molecule has 2 unspecified atom stereocenters. The summed E-state index contributed by atoms with van der Waals surface area (Å²) in [6.07, 6.45) is 2.54. The zero-order chi connectivity index (χ0) is 17.5. The fourth-order valence-corrected chi connectivity index (χ4v) is 4.12. The van der Waals surface area contributed by atoms with Crippen LogP contribution in [0, 0.1) is 23.5 Å². The van der Waals surface area contributed by atoms with Crippen molar-refractivity contribution < 1.29 is 18.3 Å². The highest BCUT2D eigenvalue weighted by molar-refractivity contribution is 5.68. The van der Waals surface area contributed by atoms with Gasteiger partial charge in [0.05, 0.1) is 0 Å². The molecule has 1 aliphatic heterocycles. The number of hydrogen-bond donors (Lipinski definition) is 0. The number of likely N-dealkylation sites (tertiary alicyclic amines) is 1. The van der Waals surface area contributed by atoms with Crippen molar-refractivity contribution in [3.8, 4) is 0 Å². The third-order valence-corrected chi connectivity index (χ3v) is 4.87. The van der Waals surface area contributed by atoms with Crippen LogP contribution >= 0.6 is 0 Å². The lowest BCUT2D eigenvalue weighted by Crippen LogP contribution is -2.48. The molecular formula is C19H25F2NO2. The Bertz CT molecular complexity index is 592. The Morgan fingerprint density at radius 2 is 1.58 bits per heavy atom. The molecule has 1 heterocycles. The van der Waals surface area contributed by atoms with Crippen LogP contribution in [-0.4, -0.2) is 29.7 Å². The topological polar surface area (TPSA) is 29.5 Å². The van der Waals surface area contributed by atoms with Gasteiger partial charge < -0.3 is 9.64 Å². The van der Waals surface area contributed by atoms with Crippen LogP contribution in [0.15, 0.2) is 18.2 Å². The molecule has 0 aromatic heterocycles. The number of carbonyl (C=O) groups is 1. The Morgan fingerprint density at radius 1 is 1.04 bits per heavy atom. The molecule has 1 saturated carbocycles. The Balaban J connectivity index is 1.68. The Morgan fingerprint density at radius 3 is 2.08 bits per heavy atom. The first-order valence-electron chi connectivity index (χ1n) is 8.63. The van der Waals surface area contributed by atoms with E-state index in [-0.39, 0.29) is 12.0 Å². The van der Waals surface area contributed by atoms with Crippen molar-refractivity contribution in [2.75, 3.05) is 13.1 Å². The molecule has 2 bridgehead atoms. The molecule has 1 amide bonds. The number of halogens is 2. The average molecular weight is 337 g/mol. The van der Waals surface area contributed by atoms with E-state index in [9.17, 15) is 13.6 Å². The fraction of sp³-hybridized carbons (Fsp3) is 0.632. The van der Waals surface area contributed by atoms with Gasteiger partial charge in [-0.3, -0.25) is 0 Å². The van der Waals surface area contributed by atoms with Crippen molar-refractivity contribution in [3.05, 3.63) is 35.4 Å². The molecule has 1 aliphatic carbocycles. The van der Waals surface area contributed by atoms with E-state index >= 15 is 0 Å². The minimum atomic E-state index is -0.517.